The van der Waals surface area contributed by atoms with Crippen LogP contribution in [0.4, 0.5) is 0 Å². The average Bonchev–Trinajstić information content (AvgIpc) is 2.42. The van der Waals surface area contributed by atoms with E-state index < -0.39 is 0 Å². The van der Waals surface area contributed by atoms with E-state index >= 15 is 0 Å². The van der Waals surface area contributed by atoms with Crippen LogP contribution < -0.4 is 0 Å². The molecule has 0 amide bonds. The Bertz CT molecular complexity index is 251. The third kappa shape index (κ3) is 3.51. The van der Waals surface area contributed by atoms with Crippen LogP contribution in [0.1, 0.15) is 31.9 Å². The maximum Gasteiger partial charge on any atom is 0.0237 e. The van der Waals surface area contributed by atoms with E-state index in [-0.39, 0.29) is 0 Å². The van der Waals surface area contributed by atoms with Crippen LogP contribution in [-0.4, -0.2) is 11.9 Å². The lowest BCUT2D eigenvalue weighted by atomic mass is 10.1. The van der Waals surface area contributed by atoms with Crippen LogP contribution in [0.3, 0.4) is 0 Å². The summed E-state index contributed by atoms with van der Waals surface area (Å²) in [5.41, 5.74) is 2.98. The number of benzene rings is 1. The van der Waals surface area contributed by atoms with Gasteiger partial charge in [-0.05, 0) is 24.1 Å². The molecule has 0 N–H and O–H groups in total. The van der Waals surface area contributed by atoms with Gasteiger partial charge in [-0.25, -0.2) is 0 Å². The Morgan fingerprint density at radius 2 is 1.36 bits per heavy atom. The third-order valence-electron chi connectivity index (χ3n) is 2.00. The quantitative estimate of drug-likeness (QED) is 0.608. The number of hydrogen-bond acceptors (Lipinski definition) is 1. The first-order valence-electron chi connectivity index (χ1n) is 5.35. The van der Waals surface area contributed by atoms with Gasteiger partial charge in [0, 0.05) is 13.1 Å². The normalized spacial score (nSPS) is 14.9. The molecule has 0 saturated carbocycles. The Balaban J connectivity index is 0.000000213. The molecule has 1 aromatic rings. The van der Waals surface area contributed by atoms with Gasteiger partial charge < -0.3 is 0 Å². The summed E-state index contributed by atoms with van der Waals surface area (Å²) in [6.07, 6.45) is 0. The lowest BCUT2D eigenvalue weighted by Crippen LogP contribution is -2.07. The molecule has 1 heteroatoms. The first-order valence-corrected chi connectivity index (χ1v) is 5.35. The van der Waals surface area contributed by atoms with Gasteiger partial charge in [-0.3, -0.25) is 4.90 Å². The molecule has 1 heterocycles. The number of fused-ring (bicyclic) bond motifs is 1. The predicted octanol–water partition coefficient (Wildman–Crippen LogP) is 3.29. The fourth-order valence-electron chi connectivity index (χ4n) is 1.50. The van der Waals surface area contributed by atoms with Gasteiger partial charge in [0.25, 0.3) is 0 Å². The molecule has 0 aliphatic carbocycles. The zero-order valence-corrected chi connectivity index (χ0v) is 9.75. The van der Waals surface area contributed by atoms with Crippen LogP contribution >= 0.6 is 0 Å². The SMILES string of the molecule is CC(C)C.CN1Cc2ccccc2C1. The summed E-state index contributed by atoms with van der Waals surface area (Å²) in [6.45, 7) is 8.74. The predicted molar refractivity (Wildman–Crippen MR) is 62.1 cm³/mol. The number of rotatable bonds is 0. The molecule has 0 radical (unpaired) electrons. The lowest BCUT2D eigenvalue weighted by molar-refractivity contribution is 0.353. The molecule has 14 heavy (non-hydrogen) atoms. The lowest BCUT2D eigenvalue weighted by Gasteiger charge is -2.02. The van der Waals surface area contributed by atoms with E-state index in [1.807, 2.05) is 0 Å². The molecule has 1 nitrogen and oxygen atoms in total. The zero-order valence-electron chi connectivity index (χ0n) is 9.75. The van der Waals surface area contributed by atoms with Gasteiger partial charge in [-0.1, -0.05) is 45.0 Å². The van der Waals surface area contributed by atoms with E-state index in [4.69, 9.17) is 0 Å². The summed E-state index contributed by atoms with van der Waals surface area (Å²) < 4.78 is 0. The van der Waals surface area contributed by atoms with Gasteiger partial charge >= 0.3 is 0 Å². The van der Waals surface area contributed by atoms with Crippen molar-refractivity contribution in [2.75, 3.05) is 7.05 Å². The van der Waals surface area contributed by atoms with E-state index in [1.165, 1.54) is 11.1 Å². The highest BCUT2D eigenvalue weighted by molar-refractivity contribution is 5.29. The standard InChI is InChI=1S/C9H11N.C4H10/c1-10-6-8-4-2-3-5-9(8)7-10;1-4(2)3/h2-5H,6-7H2,1H3;4H,1-3H3. The van der Waals surface area contributed by atoms with Crippen LogP contribution in [0.2, 0.25) is 0 Å². The molecule has 0 spiro atoms. The molecular weight excluding hydrogens is 170 g/mol. The van der Waals surface area contributed by atoms with E-state index in [2.05, 4.69) is 57.0 Å². The fourth-order valence-corrected chi connectivity index (χ4v) is 1.50. The van der Waals surface area contributed by atoms with Crippen molar-refractivity contribution in [1.29, 1.82) is 0 Å². The average molecular weight is 191 g/mol. The Hall–Kier alpha value is -0.820. The van der Waals surface area contributed by atoms with E-state index in [0.29, 0.717) is 0 Å². The largest absolute Gasteiger partial charge is 0.298 e. The van der Waals surface area contributed by atoms with Crippen LogP contribution in [0, 0.1) is 5.92 Å². The highest BCUT2D eigenvalue weighted by atomic mass is 15.1. The highest BCUT2D eigenvalue weighted by Crippen LogP contribution is 2.19. The molecular formula is C13H21N. The van der Waals surface area contributed by atoms with Gasteiger partial charge in [0.15, 0.2) is 0 Å². The monoisotopic (exact) mass is 191 g/mol. The van der Waals surface area contributed by atoms with Crippen molar-refractivity contribution in [3.8, 4) is 0 Å². The molecule has 0 saturated heterocycles. The third-order valence-corrected chi connectivity index (χ3v) is 2.00. The van der Waals surface area contributed by atoms with Crippen molar-refractivity contribution in [2.24, 2.45) is 5.92 Å². The molecule has 1 aromatic carbocycles. The van der Waals surface area contributed by atoms with Gasteiger partial charge in [-0.2, -0.15) is 0 Å². The smallest absolute Gasteiger partial charge is 0.0237 e. The Labute approximate surface area is 87.7 Å². The Morgan fingerprint density at radius 3 is 1.71 bits per heavy atom. The minimum atomic E-state index is 0.833. The van der Waals surface area contributed by atoms with E-state index in [9.17, 15) is 0 Å². The first kappa shape index (κ1) is 11.3. The van der Waals surface area contributed by atoms with E-state index in [1.54, 1.807) is 0 Å². The fraction of sp³-hybridized carbons (Fsp3) is 0.538. The summed E-state index contributed by atoms with van der Waals surface area (Å²) >= 11 is 0. The zero-order chi connectivity index (χ0) is 10.6. The highest BCUT2D eigenvalue weighted by Gasteiger charge is 2.12. The molecule has 1 aliphatic heterocycles. The second kappa shape index (κ2) is 5.16. The topological polar surface area (TPSA) is 3.24 Å². The molecule has 0 fully saturated rings. The Kier molecular flexibility index (Phi) is 4.15. The second-order valence-corrected chi connectivity index (χ2v) is 4.67. The van der Waals surface area contributed by atoms with Crippen LogP contribution in [0.15, 0.2) is 24.3 Å². The summed E-state index contributed by atoms with van der Waals surface area (Å²) in [5, 5.41) is 0. The summed E-state index contributed by atoms with van der Waals surface area (Å²) in [7, 11) is 2.15. The first-order chi connectivity index (χ1) is 6.59. The van der Waals surface area contributed by atoms with Gasteiger partial charge in [0.1, 0.15) is 0 Å². The van der Waals surface area contributed by atoms with Crippen LogP contribution in [0.5, 0.6) is 0 Å². The van der Waals surface area contributed by atoms with Gasteiger partial charge in [-0.15, -0.1) is 0 Å². The summed E-state index contributed by atoms with van der Waals surface area (Å²) in [5.74, 6) is 0.833. The summed E-state index contributed by atoms with van der Waals surface area (Å²) in [6, 6.07) is 8.63. The van der Waals surface area contributed by atoms with Gasteiger partial charge in [0.2, 0.25) is 0 Å². The minimum absolute atomic E-state index is 0.833. The molecule has 78 valence electrons. The minimum Gasteiger partial charge on any atom is -0.298 e. The van der Waals surface area contributed by atoms with Crippen molar-refractivity contribution in [1.82, 2.24) is 4.90 Å². The Morgan fingerprint density at radius 1 is 1.00 bits per heavy atom. The van der Waals surface area contributed by atoms with Crippen molar-refractivity contribution in [2.45, 2.75) is 33.9 Å². The van der Waals surface area contributed by atoms with Gasteiger partial charge in [0.05, 0.1) is 0 Å². The van der Waals surface area contributed by atoms with Crippen molar-refractivity contribution >= 4 is 0 Å². The van der Waals surface area contributed by atoms with E-state index in [0.717, 1.165) is 19.0 Å². The number of nitrogens with zero attached hydrogens (tertiary/aromatic N) is 1. The molecule has 0 unspecified atom stereocenters. The van der Waals surface area contributed by atoms with Crippen LogP contribution in [0.25, 0.3) is 0 Å². The maximum absolute atomic E-state index is 2.32. The maximum atomic E-state index is 2.32. The number of hydrogen-bond donors (Lipinski definition) is 0. The van der Waals surface area contributed by atoms with Crippen molar-refractivity contribution in [3.63, 3.8) is 0 Å². The molecule has 2 rings (SSSR count). The van der Waals surface area contributed by atoms with Crippen molar-refractivity contribution in [3.05, 3.63) is 35.4 Å². The molecule has 0 aromatic heterocycles. The second-order valence-electron chi connectivity index (χ2n) is 4.67. The summed E-state index contributed by atoms with van der Waals surface area (Å²) in [4.78, 5) is 2.32. The van der Waals surface area contributed by atoms with Crippen LogP contribution in [-0.2, 0) is 13.1 Å². The van der Waals surface area contributed by atoms with Crippen molar-refractivity contribution < 1.29 is 0 Å². The molecule has 0 atom stereocenters. The molecule has 0 bridgehead atoms. The molecule has 1 aliphatic rings.